The standard InChI is InChI=1S/C19H25N5O/c25-19(20-11-8-14-4-2-1-3-5-14)24-12-9-16(10-13-24)18-21-17(22-23-18)15-6-7-15/h1-5,15-16H,6-13H2,(H,20,25)(H,21,22,23). The molecule has 2 heterocycles. The van der Waals surface area contributed by atoms with Crippen LogP contribution < -0.4 is 5.32 Å². The van der Waals surface area contributed by atoms with Crippen LogP contribution in [0.2, 0.25) is 0 Å². The van der Waals surface area contributed by atoms with Gasteiger partial charge >= 0.3 is 6.03 Å². The zero-order valence-electron chi connectivity index (χ0n) is 14.4. The number of hydrogen-bond donors (Lipinski definition) is 2. The van der Waals surface area contributed by atoms with Gasteiger partial charge in [0.2, 0.25) is 0 Å². The molecule has 132 valence electrons. The highest BCUT2D eigenvalue weighted by Crippen LogP contribution is 2.38. The number of aromatic nitrogens is 3. The highest BCUT2D eigenvalue weighted by Gasteiger charge is 2.30. The molecule has 2 amide bonds. The van der Waals surface area contributed by atoms with Crippen LogP contribution in [0.3, 0.4) is 0 Å². The van der Waals surface area contributed by atoms with E-state index in [-0.39, 0.29) is 6.03 Å². The lowest BCUT2D eigenvalue weighted by molar-refractivity contribution is 0.180. The number of benzene rings is 1. The number of nitrogens with zero attached hydrogens (tertiary/aromatic N) is 3. The van der Waals surface area contributed by atoms with Gasteiger partial charge in [-0.15, -0.1) is 0 Å². The summed E-state index contributed by atoms with van der Waals surface area (Å²) in [7, 11) is 0. The minimum atomic E-state index is 0.0469. The fraction of sp³-hybridized carbons (Fsp3) is 0.526. The molecule has 2 aromatic rings. The normalized spacial score (nSPS) is 18.3. The van der Waals surface area contributed by atoms with Crippen LogP contribution >= 0.6 is 0 Å². The summed E-state index contributed by atoms with van der Waals surface area (Å²) in [5.41, 5.74) is 1.25. The molecule has 6 nitrogen and oxygen atoms in total. The van der Waals surface area contributed by atoms with Gasteiger partial charge in [-0.1, -0.05) is 30.3 Å². The van der Waals surface area contributed by atoms with Gasteiger partial charge in [-0.2, -0.15) is 5.10 Å². The Hall–Kier alpha value is -2.37. The van der Waals surface area contributed by atoms with Crippen LogP contribution in [0.5, 0.6) is 0 Å². The molecule has 0 spiro atoms. The first-order valence-electron chi connectivity index (χ1n) is 9.28. The Balaban J connectivity index is 1.21. The first-order valence-corrected chi connectivity index (χ1v) is 9.28. The number of nitrogens with one attached hydrogen (secondary N) is 2. The van der Waals surface area contributed by atoms with Crippen LogP contribution in [-0.2, 0) is 6.42 Å². The van der Waals surface area contributed by atoms with Crippen molar-refractivity contribution in [3.63, 3.8) is 0 Å². The van der Waals surface area contributed by atoms with Crippen molar-refractivity contribution in [3.05, 3.63) is 47.5 Å². The van der Waals surface area contributed by atoms with Gasteiger partial charge in [0.15, 0.2) is 5.82 Å². The van der Waals surface area contributed by atoms with Crippen LogP contribution in [-0.4, -0.2) is 45.7 Å². The first-order chi connectivity index (χ1) is 12.3. The summed E-state index contributed by atoms with van der Waals surface area (Å²) in [6.45, 7) is 2.23. The Morgan fingerprint density at radius 1 is 1.12 bits per heavy atom. The molecule has 2 N–H and O–H groups in total. The Labute approximate surface area is 148 Å². The van der Waals surface area contributed by atoms with E-state index >= 15 is 0 Å². The zero-order chi connectivity index (χ0) is 17.1. The van der Waals surface area contributed by atoms with Crippen LogP contribution in [0.1, 0.15) is 54.7 Å². The number of likely N-dealkylation sites (tertiary alicyclic amines) is 1. The molecule has 4 rings (SSSR count). The van der Waals surface area contributed by atoms with E-state index in [1.165, 1.54) is 18.4 Å². The molecule has 1 aromatic heterocycles. The van der Waals surface area contributed by atoms with Crippen molar-refractivity contribution in [1.29, 1.82) is 0 Å². The van der Waals surface area contributed by atoms with E-state index in [9.17, 15) is 4.79 Å². The van der Waals surface area contributed by atoms with Gasteiger partial charge in [0.25, 0.3) is 0 Å². The molecule has 25 heavy (non-hydrogen) atoms. The van der Waals surface area contributed by atoms with Gasteiger partial charge in [-0.05, 0) is 37.7 Å². The summed E-state index contributed by atoms with van der Waals surface area (Å²) in [4.78, 5) is 18.9. The molecule has 6 heteroatoms. The molecule has 0 radical (unpaired) electrons. The molecule has 2 aliphatic rings. The second-order valence-electron chi connectivity index (χ2n) is 7.08. The number of carbonyl (C=O) groups excluding carboxylic acids is 1. The van der Waals surface area contributed by atoms with E-state index in [2.05, 4.69) is 32.6 Å². The quantitative estimate of drug-likeness (QED) is 0.880. The maximum atomic E-state index is 12.3. The van der Waals surface area contributed by atoms with E-state index < -0.39 is 0 Å². The molecule has 1 aliphatic heterocycles. The highest BCUT2D eigenvalue weighted by molar-refractivity contribution is 5.74. The van der Waals surface area contributed by atoms with E-state index in [1.807, 2.05) is 23.1 Å². The average molecular weight is 339 g/mol. The molecule has 0 bridgehead atoms. The van der Waals surface area contributed by atoms with Crippen molar-refractivity contribution in [2.75, 3.05) is 19.6 Å². The maximum absolute atomic E-state index is 12.3. The average Bonchev–Trinajstić information content (AvgIpc) is 3.40. The topological polar surface area (TPSA) is 73.9 Å². The molecule has 1 aliphatic carbocycles. The van der Waals surface area contributed by atoms with Gasteiger partial charge in [0.05, 0.1) is 0 Å². The molecule has 0 atom stereocenters. The van der Waals surface area contributed by atoms with E-state index in [0.29, 0.717) is 18.4 Å². The molecule has 1 saturated carbocycles. The number of aromatic amines is 1. The third kappa shape index (κ3) is 4.00. The number of rotatable bonds is 5. The van der Waals surface area contributed by atoms with Gasteiger partial charge in [0, 0.05) is 31.5 Å². The van der Waals surface area contributed by atoms with Crippen molar-refractivity contribution >= 4 is 6.03 Å². The predicted molar refractivity (Wildman–Crippen MR) is 95.5 cm³/mol. The van der Waals surface area contributed by atoms with Gasteiger partial charge in [-0.3, -0.25) is 5.10 Å². The van der Waals surface area contributed by atoms with Crippen LogP contribution in [0.4, 0.5) is 4.79 Å². The van der Waals surface area contributed by atoms with Crippen molar-refractivity contribution < 1.29 is 4.79 Å². The van der Waals surface area contributed by atoms with Crippen molar-refractivity contribution in [2.24, 2.45) is 0 Å². The van der Waals surface area contributed by atoms with Crippen LogP contribution in [0, 0.1) is 0 Å². The van der Waals surface area contributed by atoms with Crippen LogP contribution in [0.15, 0.2) is 30.3 Å². The summed E-state index contributed by atoms with van der Waals surface area (Å²) < 4.78 is 0. The summed E-state index contributed by atoms with van der Waals surface area (Å²) in [5.74, 6) is 2.97. The second kappa shape index (κ2) is 7.25. The van der Waals surface area contributed by atoms with Gasteiger partial charge < -0.3 is 10.2 Å². The van der Waals surface area contributed by atoms with E-state index in [4.69, 9.17) is 0 Å². The Bertz CT molecular complexity index is 702. The third-order valence-corrected chi connectivity index (χ3v) is 5.16. The Kier molecular flexibility index (Phi) is 4.68. The fourth-order valence-corrected chi connectivity index (χ4v) is 3.42. The lowest BCUT2D eigenvalue weighted by Crippen LogP contribution is -2.44. The molecule has 1 aromatic carbocycles. The summed E-state index contributed by atoms with van der Waals surface area (Å²) >= 11 is 0. The number of carbonyl (C=O) groups is 1. The van der Waals surface area contributed by atoms with Gasteiger partial charge in [0.1, 0.15) is 5.82 Å². The number of urea groups is 1. The van der Waals surface area contributed by atoms with Crippen molar-refractivity contribution in [3.8, 4) is 0 Å². The van der Waals surface area contributed by atoms with Gasteiger partial charge in [-0.25, -0.2) is 9.78 Å². The largest absolute Gasteiger partial charge is 0.338 e. The molecular formula is C19H25N5O. The van der Waals surface area contributed by atoms with Crippen molar-refractivity contribution in [2.45, 2.75) is 43.9 Å². The molecule has 0 unspecified atom stereocenters. The second-order valence-corrected chi connectivity index (χ2v) is 7.08. The third-order valence-electron chi connectivity index (χ3n) is 5.16. The number of piperidine rings is 1. The summed E-state index contributed by atoms with van der Waals surface area (Å²) in [6.07, 6.45) is 5.21. The Morgan fingerprint density at radius 3 is 2.60 bits per heavy atom. The summed E-state index contributed by atoms with van der Waals surface area (Å²) in [6, 6.07) is 10.3. The molecule has 2 fully saturated rings. The number of hydrogen-bond acceptors (Lipinski definition) is 3. The van der Waals surface area contributed by atoms with Crippen LogP contribution in [0.25, 0.3) is 0 Å². The Morgan fingerprint density at radius 2 is 1.88 bits per heavy atom. The molecule has 1 saturated heterocycles. The fourth-order valence-electron chi connectivity index (χ4n) is 3.42. The predicted octanol–water partition coefficient (Wildman–Crippen LogP) is 2.81. The first kappa shape index (κ1) is 16.1. The minimum Gasteiger partial charge on any atom is -0.338 e. The smallest absolute Gasteiger partial charge is 0.317 e. The zero-order valence-corrected chi connectivity index (χ0v) is 14.4. The molecular weight excluding hydrogens is 314 g/mol. The van der Waals surface area contributed by atoms with E-state index in [0.717, 1.165) is 44.0 Å². The highest BCUT2D eigenvalue weighted by atomic mass is 16.2. The SMILES string of the molecule is O=C(NCCc1ccccc1)N1CCC(c2nc(C3CC3)n[nH]2)CC1. The minimum absolute atomic E-state index is 0.0469. The lowest BCUT2D eigenvalue weighted by atomic mass is 9.96. The number of H-pyrrole nitrogens is 1. The summed E-state index contributed by atoms with van der Waals surface area (Å²) in [5, 5.41) is 10.5. The number of amides is 2. The van der Waals surface area contributed by atoms with Crippen molar-refractivity contribution in [1.82, 2.24) is 25.4 Å². The van der Waals surface area contributed by atoms with E-state index in [1.54, 1.807) is 0 Å². The maximum Gasteiger partial charge on any atom is 0.317 e. The lowest BCUT2D eigenvalue weighted by Gasteiger charge is -2.31. The monoisotopic (exact) mass is 339 g/mol.